The summed E-state index contributed by atoms with van der Waals surface area (Å²) in [7, 11) is 0. The Labute approximate surface area is 126 Å². The van der Waals surface area contributed by atoms with Crippen molar-refractivity contribution in [1.82, 2.24) is 20.2 Å². The average molecular weight is 287 g/mol. The summed E-state index contributed by atoms with van der Waals surface area (Å²) in [6.07, 6.45) is 10.2. The molecule has 3 saturated heterocycles. The molecule has 1 aromatic heterocycles. The lowest BCUT2D eigenvalue weighted by atomic mass is 10.0. The van der Waals surface area contributed by atoms with Crippen molar-refractivity contribution >= 4 is 5.95 Å². The van der Waals surface area contributed by atoms with Crippen LogP contribution >= 0.6 is 0 Å². The van der Waals surface area contributed by atoms with Crippen molar-refractivity contribution in [3.05, 3.63) is 18.5 Å². The maximum Gasteiger partial charge on any atom is 0.225 e. The van der Waals surface area contributed by atoms with E-state index in [1.165, 1.54) is 45.2 Å². The van der Waals surface area contributed by atoms with Gasteiger partial charge in [0.1, 0.15) is 0 Å². The van der Waals surface area contributed by atoms with Crippen LogP contribution in [0.3, 0.4) is 0 Å². The minimum atomic E-state index is 0.676. The molecule has 3 fully saturated rings. The highest BCUT2D eigenvalue weighted by atomic mass is 15.3. The molecule has 1 N–H and O–H groups in total. The highest BCUT2D eigenvalue weighted by Crippen LogP contribution is 2.29. The van der Waals surface area contributed by atoms with Gasteiger partial charge in [-0.25, -0.2) is 9.97 Å². The summed E-state index contributed by atoms with van der Waals surface area (Å²) in [5.74, 6) is 0.888. The summed E-state index contributed by atoms with van der Waals surface area (Å²) >= 11 is 0. The SMILES string of the molecule is c1cnc(N2CCC(NC3CCN4CCCC34)CC2)nc1. The predicted molar refractivity (Wildman–Crippen MR) is 83.4 cm³/mol. The van der Waals surface area contributed by atoms with Gasteiger partial charge >= 0.3 is 0 Å². The van der Waals surface area contributed by atoms with Crippen molar-refractivity contribution in [3.63, 3.8) is 0 Å². The Bertz CT molecular complexity index is 457. The van der Waals surface area contributed by atoms with Gasteiger partial charge in [0, 0.05) is 50.2 Å². The van der Waals surface area contributed by atoms with Crippen molar-refractivity contribution in [2.24, 2.45) is 0 Å². The second-order valence-electron chi connectivity index (χ2n) is 6.62. The molecule has 3 aliphatic heterocycles. The highest BCUT2D eigenvalue weighted by molar-refractivity contribution is 5.29. The van der Waals surface area contributed by atoms with Crippen LogP contribution in [0.25, 0.3) is 0 Å². The quantitative estimate of drug-likeness (QED) is 0.907. The van der Waals surface area contributed by atoms with E-state index in [0.717, 1.165) is 31.1 Å². The van der Waals surface area contributed by atoms with Crippen LogP contribution in [0.15, 0.2) is 18.5 Å². The van der Waals surface area contributed by atoms with E-state index in [1.807, 2.05) is 18.5 Å². The first kappa shape index (κ1) is 13.5. The third kappa shape index (κ3) is 2.77. The van der Waals surface area contributed by atoms with Crippen LogP contribution in [0.1, 0.15) is 32.1 Å². The molecule has 4 heterocycles. The van der Waals surface area contributed by atoms with Gasteiger partial charge in [-0.05, 0) is 44.7 Å². The van der Waals surface area contributed by atoms with Gasteiger partial charge < -0.3 is 10.2 Å². The molecule has 0 radical (unpaired) electrons. The van der Waals surface area contributed by atoms with Gasteiger partial charge in [0.25, 0.3) is 0 Å². The largest absolute Gasteiger partial charge is 0.341 e. The highest BCUT2D eigenvalue weighted by Gasteiger charge is 2.38. The number of anilines is 1. The molecule has 1 aromatic rings. The van der Waals surface area contributed by atoms with E-state index in [1.54, 1.807) is 0 Å². The number of nitrogens with one attached hydrogen (secondary N) is 1. The molecule has 0 aromatic carbocycles. The van der Waals surface area contributed by atoms with Crippen molar-refractivity contribution in [1.29, 1.82) is 0 Å². The standard InChI is InChI=1S/C16H25N5/c1-3-15-14(6-12-20(15)9-1)19-13-4-10-21(11-5-13)16-17-7-2-8-18-16/h2,7-8,13-15,19H,1,3-6,9-12H2. The summed E-state index contributed by atoms with van der Waals surface area (Å²) in [6.45, 7) is 4.78. The molecular weight excluding hydrogens is 262 g/mol. The maximum atomic E-state index is 4.36. The van der Waals surface area contributed by atoms with Crippen LogP contribution < -0.4 is 10.2 Å². The fourth-order valence-electron chi connectivity index (χ4n) is 4.28. The Hall–Kier alpha value is -1.20. The zero-order chi connectivity index (χ0) is 14.1. The van der Waals surface area contributed by atoms with E-state index in [0.29, 0.717) is 6.04 Å². The molecule has 0 bridgehead atoms. The Morgan fingerprint density at radius 1 is 0.952 bits per heavy atom. The van der Waals surface area contributed by atoms with Crippen molar-refractivity contribution in [3.8, 4) is 0 Å². The number of hydrogen-bond acceptors (Lipinski definition) is 5. The summed E-state index contributed by atoms with van der Waals surface area (Å²) < 4.78 is 0. The first-order chi connectivity index (χ1) is 10.4. The molecule has 2 unspecified atom stereocenters. The van der Waals surface area contributed by atoms with Gasteiger partial charge in [0.05, 0.1) is 0 Å². The molecular formula is C16H25N5. The van der Waals surface area contributed by atoms with Gasteiger partial charge in [0.2, 0.25) is 5.95 Å². The zero-order valence-corrected chi connectivity index (χ0v) is 12.6. The van der Waals surface area contributed by atoms with Gasteiger partial charge in [-0.1, -0.05) is 0 Å². The Kier molecular flexibility index (Phi) is 3.78. The lowest BCUT2D eigenvalue weighted by molar-refractivity contribution is 0.277. The molecule has 4 rings (SSSR count). The minimum Gasteiger partial charge on any atom is -0.341 e. The number of aromatic nitrogens is 2. The first-order valence-corrected chi connectivity index (χ1v) is 8.42. The lowest BCUT2D eigenvalue weighted by Crippen LogP contribution is -2.49. The summed E-state index contributed by atoms with van der Waals surface area (Å²) in [6, 6.07) is 4.11. The van der Waals surface area contributed by atoms with Crippen molar-refractivity contribution < 1.29 is 0 Å². The van der Waals surface area contributed by atoms with Gasteiger partial charge in [-0.3, -0.25) is 4.90 Å². The van der Waals surface area contributed by atoms with E-state index in [2.05, 4.69) is 25.1 Å². The lowest BCUT2D eigenvalue weighted by Gasteiger charge is -2.35. The third-order valence-corrected chi connectivity index (χ3v) is 5.39. The number of rotatable bonds is 3. The predicted octanol–water partition coefficient (Wildman–Crippen LogP) is 1.27. The van der Waals surface area contributed by atoms with E-state index < -0.39 is 0 Å². The maximum absolute atomic E-state index is 4.36. The Morgan fingerprint density at radius 3 is 2.57 bits per heavy atom. The van der Waals surface area contributed by atoms with Crippen LogP contribution in [0.4, 0.5) is 5.95 Å². The van der Waals surface area contributed by atoms with Crippen LogP contribution in [-0.4, -0.2) is 59.2 Å². The van der Waals surface area contributed by atoms with Crippen molar-refractivity contribution in [2.75, 3.05) is 31.1 Å². The van der Waals surface area contributed by atoms with Crippen LogP contribution in [-0.2, 0) is 0 Å². The Balaban J connectivity index is 1.30. The molecule has 0 aliphatic carbocycles. The third-order valence-electron chi connectivity index (χ3n) is 5.39. The normalized spacial score (nSPS) is 30.8. The molecule has 3 aliphatic rings. The van der Waals surface area contributed by atoms with Crippen LogP contribution in [0.5, 0.6) is 0 Å². The summed E-state index contributed by atoms with van der Waals surface area (Å²) in [5, 5.41) is 3.95. The van der Waals surface area contributed by atoms with E-state index >= 15 is 0 Å². The van der Waals surface area contributed by atoms with Gasteiger partial charge in [-0.15, -0.1) is 0 Å². The molecule has 5 nitrogen and oxygen atoms in total. The molecule has 114 valence electrons. The summed E-state index contributed by atoms with van der Waals surface area (Å²) in [5.41, 5.74) is 0. The van der Waals surface area contributed by atoms with Crippen molar-refractivity contribution in [2.45, 2.75) is 50.2 Å². The number of fused-ring (bicyclic) bond motifs is 1. The fraction of sp³-hybridized carbons (Fsp3) is 0.750. The molecule has 0 spiro atoms. The van der Waals surface area contributed by atoms with E-state index in [9.17, 15) is 0 Å². The van der Waals surface area contributed by atoms with Crippen LogP contribution in [0.2, 0.25) is 0 Å². The zero-order valence-electron chi connectivity index (χ0n) is 12.6. The molecule has 0 amide bonds. The molecule has 21 heavy (non-hydrogen) atoms. The van der Waals surface area contributed by atoms with Crippen LogP contribution in [0, 0.1) is 0 Å². The molecule has 2 atom stereocenters. The van der Waals surface area contributed by atoms with E-state index in [-0.39, 0.29) is 0 Å². The van der Waals surface area contributed by atoms with E-state index in [4.69, 9.17) is 0 Å². The van der Waals surface area contributed by atoms with Gasteiger partial charge in [-0.2, -0.15) is 0 Å². The average Bonchev–Trinajstić information content (AvgIpc) is 3.14. The number of piperidine rings is 1. The second kappa shape index (κ2) is 5.89. The topological polar surface area (TPSA) is 44.3 Å². The number of hydrogen-bond donors (Lipinski definition) is 1. The summed E-state index contributed by atoms with van der Waals surface area (Å²) in [4.78, 5) is 13.7. The monoisotopic (exact) mass is 287 g/mol. The minimum absolute atomic E-state index is 0.676. The molecule has 0 saturated carbocycles. The fourth-order valence-corrected chi connectivity index (χ4v) is 4.28. The van der Waals surface area contributed by atoms with Gasteiger partial charge in [0.15, 0.2) is 0 Å². The molecule has 5 heteroatoms. The number of nitrogens with zero attached hydrogens (tertiary/aromatic N) is 4. The Morgan fingerprint density at radius 2 is 1.76 bits per heavy atom. The first-order valence-electron chi connectivity index (χ1n) is 8.42. The smallest absolute Gasteiger partial charge is 0.225 e. The second-order valence-corrected chi connectivity index (χ2v) is 6.62.